The van der Waals surface area contributed by atoms with E-state index in [4.69, 9.17) is 0 Å². The molecule has 0 bridgehead atoms. The van der Waals surface area contributed by atoms with Crippen molar-refractivity contribution in [2.75, 3.05) is 13.1 Å². The molecular weight excluding hydrogens is 204 g/mol. The largest absolute Gasteiger partial charge is 0.354 e. The van der Waals surface area contributed by atoms with Gasteiger partial charge in [0.25, 0.3) is 0 Å². The van der Waals surface area contributed by atoms with Gasteiger partial charge in [-0.25, -0.2) is 0 Å². The van der Waals surface area contributed by atoms with Crippen molar-refractivity contribution in [3.8, 4) is 0 Å². The summed E-state index contributed by atoms with van der Waals surface area (Å²) < 4.78 is 0. The molecule has 0 heterocycles. The van der Waals surface area contributed by atoms with E-state index in [1.807, 2.05) is 0 Å². The molecule has 90 valence electrons. The molecule has 1 aliphatic rings. The molecule has 4 nitrogen and oxygen atoms in total. The molecule has 2 amide bonds. The summed E-state index contributed by atoms with van der Waals surface area (Å²) in [6.45, 7) is 4.31. The molecule has 0 saturated heterocycles. The standard InChI is InChI=1S/C12H20N2O2/c1-2-11(15)13-8-9-14-12(16)10-6-4-3-5-7-10/h2,10H,1,3-9H2,(H,13,15)(H,14,16). The first kappa shape index (κ1) is 12.7. The number of hydrogen-bond acceptors (Lipinski definition) is 2. The first-order valence-electron chi connectivity index (χ1n) is 5.92. The molecule has 1 rings (SSSR count). The molecular formula is C12H20N2O2. The van der Waals surface area contributed by atoms with Crippen LogP contribution in [0.1, 0.15) is 32.1 Å². The normalized spacial score (nSPS) is 16.5. The van der Waals surface area contributed by atoms with Crippen LogP contribution in [0.25, 0.3) is 0 Å². The second-order valence-electron chi connectivity index (χ2n) is 4.12. The Hall–Kier alpha value is -1.32. The molecule has 4 heteroatoms. The Bertz CT molecular complexity index is 258. The van der Waals surface area contributed by atoms with Gasteiger partial charge in [-0.05, 0) is 18.9 Å². The van der Waals surface area contributed by atoms with E-state index >= 15 is 0 Å². The van der Waals surface area contributed by atoms with E-state index in [1.165, 1.54) is 12.5 Å². The molecule has 1 aliphatic carbocycles. The van der Waals surface area contributed by atoms with E-state index in [1.54, 1.807) is 0 Å². The lowest BCUT2D eigenvalue weighted by Crippen LogP contribution is -2.37. The quantitative estimate of drug-likeness (QED) is 0.540. The van der Waals surface area contributed by atoms with E-state index in [0.29, 0.717) is 13.1 Å². The van der Waals surface area contributed by atoms with Crippen molar-refractivity contribution < 1.29 is 9.59 Å². The SMILES string of the molecule is C=CC(=O)NCCNC(=O)C1CCCCC1. The van der Waals surface area contributed by atoms with Gasteiger partial charge in [-0.2, -0.15) is 0 Å². The molecule has 0 spiro atoms. The van der Waals surface area contributed by atoms with Gasteiger partial charge in [0.15, 0.2) is 0 Å². The van der Waals surface area contributed by atoms with Gasteiger partial charge in [0.2, 0.25) is 11.8 Å². The first-order chi connectivity index (χ1) is 7.74. The van der Waals surface area contributed by atoms with Gasteiger partial charge in [-0.3, -0.25) is 9.59 Å². The van der Waals surface area contributed by atoms with Gasteiger partial charge in [0, 0.05) is 19.0 Å². The molecule has 1 fully saturated rings. The molecule has 0 atom stereocenters. The second kappa shape index (κ2) is 7.04. The lowest BCUT2D eigenvalue weighted by atomic mass is 9.89. The number of carbonyl (C=O) groups excluding carboxylic acids is 2. The van der Waals surface area contributed by atoms with Crippen molar-refractivity contribution in [1.29, 1.82) is 0 Å². The van der Waals surface area contributed by atoms with Crippen LogP contribution in [-0.2, 0) is 9.59 Å². The zero-order valence-corrected chi connectivity index (χ0v) is 9.63. The van der Waals surface area contributed by atoms with Crippen LogP contribution in [0.5, 0.6) is 0 Å². The average molecular weight is 224 g/mol. The van der Waals surface area contributed by atoms with E-state index in [0.717, 1.165) is 25.7 Å². The predicted octanol–water partition coefficient (Wildman–Crippen LogP) is 0.985. The van der Waals surface area contributed by atoms with E-state index in [9.17, 15) is 9.59 Å². The van der Waals surface area contributed by atoms with Crippen LogP contribution in [0, 0.1) is 5.92 Å². The molecule has 0 aromatic rings. The highest BCUT2D eigenvalue weighted by Gasteiger charge is 2.20. The van der Waals surface area contributed by atoms with Gasteiger partial charge in [0.05, 0.1) is 0 Å². The minimum Gasteiger partial charge on any atom is -0.354 e. The smallest absolute Gasteiger partial charge is 0.243 e. The van der Waals surface area contributed by atoms with E-state index < -0.39 is 0 Å². The lowest BCUT2D eigenvalue weighted by molar-refractivity contribution is -0.126. The summed E-state index contributed by atoms with van der Waals surface area (Å²) in [5.41, 5.74) is 0. The fraction of sp³-hybridized carbons (Fsp3) is 0.667. The summed E-state index contributed by atoms with van der Waals surface area (Å²) in [5.74, 6) is 0.114. The maximum atomic E-state index is 11.7. The van der Waals surface area contributed by atoms with Gasteiger partial charge >= 0.3 is 0 Å². The van der Waals surface area contributed by atoms with Crippen LogP contribution in [0.15, 0.2) is 12.7 Å². The number of amides is 2. The second-order valence-corrected chi connectivity index (χ2v) is 4.12. The Labute approximate surface area is 96.5 Å². The summed E-state index contributed by atoms with van der Waals surface area (Å²) >= 11 is 0. The highest BCUT2D eigenvalue weighted by molar-refractivity contribution is 5.86. The molecule has 0 aromatic carbocycles. The minimum atomic E-state index is -0.202. The van der Waals surface area contributed by atoms with Gasteiger partial charge in [-0.15, -0.1) is 0 Å². The maximum absolute atomic E-state index is 11.7. The summed E-state index contributed by atoms with van der Waals surface area (Å²) in [6, 6.07) is 0. The van der Waals surface area contributed by atoms with Crippen molar-refractivity contribution in [3.05, 3.63) is 12.7 Å². The molecule has 16 heavy (non-hydrogen) atoms. The fourth-order valence-corrected chi connectivity index (χ4v) is 1.95. The van der Waals surface area contributed by atoms with Crippen LogP contribution in [0.4, 0.5) is 0 Å². The summed E-state index contributed by atoms with van der Waals surface area (Å²) in [5, 5.41) is 5.46. The average Bonchev–Trinajstić information content (AvgIpc) is 2.35. The Morgan fingerprint density at radius 2 is 1.75 bits per heavy atom. The number of carbonyl (C=O) groups is 2. The van der Waals surface area contributed by atoms with Crippen LogP contribution in [0.2, 0.25) is 0 Å². The van der Waals surface area contributed by atoms with Gasteiger partial charge in [-0.1, -0.05) is 25.8 Å². The minimum absolute atomic E-state index is 0.132. The zero-order valence-electron chi connectivity index (χ0n) is 9.63. The molecule has 1 saturated carbocycles. The van der Waals surface area contributed by atoms with Gasteiger partial charge in [0.1, 0.15) is 0 Å². The lowest BCUT2D eigenvalue weighted by Gasteiger charge is -2.20. The third kappa shape index (κ3) is 4.47. The van der Waals surface area contributed by atoms with E-state index in [-0.39, 0.29) is 17.7 Å². The van der Waals surface area contributed by atoms with Crippen molar-refractivity contribution in [3.63, 3.8) is 0 Å². The molecule has 0 unspecified atom stereocenters. The Balaban J connectivity index is 2.09. The monoisotopic (exact) mass is 224 g/mol. The molecule has 0 radical (unpaired) electrons. The maximum Gasteiger partial charge on any atom is 0.243 e. The van der Waals surface area contributed by atoms with Crippen molar-refractivity contribution >= 4 is 11.8 Å². The summed E-state index contributed by atoms with van der Waals surface area (Å²) in [4.78, 5) is 22.5. The van der Waals surface area contributed by atoms with Gasteiger partial charge < -0.3 is 10.6 Å². The molecule has 0 aromatic heterocycles. The third-order valence-corrected chi connectivity index (χ3v) is 2.88. The Morgan fingerprint density at radius 1 is 1.12 bits per heavy atom. The molecule has 2 N–H and O–H groups in total. The highest BCUT2D eigenvalue weighted by Crippen LogP contribution is 2.23. The van der Waals surface area contributed by atoms with Crippen molar-refractivity contribution in [2.24, 2.45) is 5.92 Å². The number of rotatable bonds is 5. The first-order valence-corrected chi connectivity index (χ1v) is 5.92. The Kier molecular flexibility index (Phi) is 5.61. The van der Waals surface area contributed by atoms with Crippen LogP contribution < -0.4 is 10.6 Å². The zero-order chi connectivity index (χ0) is 11.8. The summed E-state index contributed by atoms with van der Waals surface area (Å²) in [6.07, 6.45) is 6.80. The number of nitrogens with one attached hydrogen (secondary N) is 2. The fourth-order valence-electron chi connectivity index (χ4n) is 1.95. The number of hydrogen-bond donors (Lipinski definition) is 2. The summed E-state index contributed by atoms with van der Waals surface area (Å²) in [7, 11) is 0. The molecule has 0 aliphatic heterocycles. The predicted molar refractivity (Wildman–Crippen MR) is 62.8 cm³/mol. The van der Waals surface area contributed by atoms with Crippen LogP contribution in [-0.4, -0.2) is 24.9 Å². The van der Waals surface area contributed by atoms with Crippen molar-refractivity contribution in [1.82, 2.24) is 10.6 Å². The third-order valence-electron chi connectivity index (χ3n) is 2.88. The van der Waals surface area contributed by atoms with Crippen LogP contribution >= 0.6 is 0 Å². The van der Waals surface area contributed by atoms with Crippen LogP contribution in [0.3, 0.4) is 0 Å². The Morgan fingerprint density at radius 3 is 2.38 bits per heavy atom. The highest BCUT2D eigenvalue weighted by atomic mass is 16.2. The topological polar surface area (TPSA) is 58.2 Å². The van der Waals surface area contributed by atoms with Crippen molar-refractivity contribution in [2.45, 2.75) is 32.1 Å². The van der Waals surface area contributed by atoms with E-state index in [2.05, 4.69) is 17.2 Å².